The molecule has 130 valence electrons. The van der Waals surface area contributed by atoms with Crippen LogP contribution in [0.25, 0.3) is 0 Å². The summed E-state index contributed by atoms with van der Waals surface area (Å²) in [6.07, 6.45) is 5.93. The minimum Gasteiger partial charge on any atom is -0.384 e. The molecule has 5 heteroatoms. The molecule has 2 aliphatic carbocycles. The van der Waals surface area contributed by atoms with Gasteiger partial charge < -0.3 is 15.0 Å². The van der Waals surface area contributed by atoms with Gasteiger partial charge in [-0.15, -0.1) is 0 Å². The minimum atomic E-state index is 0.0823. The van der Waals surface area contributed by atoms with Crippen LogP contribution in [0.15, 0.2) is 22.7 Å². The first-order valence-corrected chi connectivity index (χ1v) is 9.74. The summed E-state index contributed by atoms with van der Waals surface area (Å²) in [6.45, 7) is 2.46. The Bertz CT molecular complexity index is 638. The van der Waals surface area contributed by atoms with Gasteiger partial charge in [-0.05, 0) is 48.8 Å². The fraction of sp³-hybridized carbons (Fsp3) is 0.632. The standard InChI is InChI=1S/C19H25BrN2O2/c1-24-12-19(13-4-2-5-13)10-22(11-19)18(23)21-17-9-8-14-15(17)6-3-7-16(14)20/h3,6-7,13,17H,2,4-5,8-12H2,1H3,(H,21,23). The highest BCUT2D eigenvalue weighted by Crippen LogP contribution is 2.48. The molecule has 2 fully saturated rings. The van der Waals surface area contributed by atoms with Gasteiger partial charge in [-0.25, -0.2) is 4.79 Å². The molecule has 1 aromatic rings. The Labute approximate surface area is 152 Å². The molecule has 0 spiro atoms. The van der Waals surface area contributed by atoms with Gasteiger partial charge in [0.25, 0.3) is 0 Å². The summed E-state index contributed by atoms with van der Waals surface area (Å²) in [4.78, 5) is 14.6. The summed E-state index contributed by atoms with van der Waals surface area (Å²) < 4.78 is 6.62. The van der Waals surface area contributed by atoms with Gasteiger partial charge >= 0.3 is 6.03 Å². The molecule has 1 saturated heterocycles. The van der Waals surface area contributed by atoms with Crippen molar-refractivity contribution in [3.8, 4) is 0 Å². The topological polar surface area (TPSA) is 41.6 Å². The van der Waals surface area contributed by atoms with Crippen molar-refractivity contribution >= 4 is 22.0 Å². The first kappa shape index (κ1) is 16.4. The lowest BCUT2D eigenvalue weighted by Gasteiger charge is -2.56. The maximum absolute atomic E-state index is 12.7. The van der Waals surface area contributed by atoms with Crippen LogP contribution >= 0.6 is 15.9 Å². The van der Waals surface area contributed by atoms with Gasteiger partial charge in [0.1, 0.15) is 0 Å². The molecule has 4 nitrogen and oxygen atoms in total. The van der Waals surface area contributed by atoms with E-state index < -0.39 is 0 Å². The fourth-order valence-corrected chi connectivity index (χ4v) is 5.21. The first-order chi connectivity index (χ1) is 11.6. The van der Waals surface area contributed by atoms with Crippen LogP contribution in [0.4, 0.5) is 4.79 Å². The van der Waals surface area contributed by atoms with E-state index in [1.165, 1.54) is 30.4 Å². The Balaban J connectivity index is 1.38. The SMILES string of the molecule is COCC1(C2CCC2)CN(C(=O)NC2CCc3c(Br)cccc32)C1. The van der Waals surface area contributed by atoms with E-state index in [-0.39, 0.29) is 17.5 Å². The largest absolute Gasteiger partial charge is 0.384 e. The number of carbonyl (C=O) groups excluding carboxylic acids is 1. The number of nitrogens with zero attached hydrogens (tertiary/aromatic N) is 1. The normalized spacial score (nSPS) is 24.9. The quantitative estimate of drug-likeness (QED) is 0.843. The van der Waals surface area contributed by atoms with Crippen molar-refractivity contribution in [2.75, 3.05) is 26.8 Å². The van der Waals surface area contributed by atoms with Crippen LogP contribution in [-0.2, 0) is 11.2 Å². The molecule has 1 unspecified atom stereocenters. The number of amides is 2. The van der Waals surface area contributed by atoms with Crippen molar-refractivity contribution < 1.29 is 9.53 Å². The highest BCUT2D eigenvalue weighted by Gasteiger charge is 2.52. The van der Waals surface area contributed by atoms with Crippen LogP contribution in [0.1, 0.15) is 42.9 Å². The van der Waals surface area contributed by atoms with Crippen LogP contribution in [0.2, 0.25) is 0 Å². The number of carbonyl (C=O) groups is 1. The van der Waals surface area contributed by atoms with Gasteiger partial charge in [0.2, 0.25) is 0 Å². The van der Waals surface area contributed by atoms with Crippen LogP contribution in [0, 0.1) is 11.3 Å². The number of methoxy groups -OCH3 is 1. The number of ether oxygens (including phenoxy) is 1. The maximum atomic E-state index is 12.7. The van der Waals surface area contributed by atoms with E-state index in [4.69, 9.17) is 4.74 Å². The Hall–Kier alpha value is -1.07. The lowest BCUT2D eigenvalue weighted by molar-refractivity contribution is -0.0941. The van der Waals surface area contributed by atoms with Gasteiger partial charge in [-0.1, -0.05) is 34.5 Å². The van der Waals surface area contributed by atoms with Crippen LogP contribution in [0.3, 0.4) is 0 Å². The van der Waals surface area contributed by atoms with Gasteiger partial charge in [0, 0.05) is 30.1 Å². The molecule has 0 radical (unpaired) electrons. The lowest BCUT2D eigenvalue weighted by atomic mass is 9.61. The Morgan fingerprint density at radius 2 is 2.17 bits per heavy atom. The number of fused-ring (bicyclic) bond motifs is 1. The van der Waals surface area contributed by atoms with Crippen LogP contribution in [0.5, 0.6) is 0 Å². The summed E-state index contributed by atoms with van der Waals surface area (Å²) in [5.74, 6) is 0.740. The summed E-state index contributed by atoms with van der Waals surface area (Å²) in [6, 6.07) is 6.50. The van der Waals surface area contributed by atoms with E-state index >= 15 is 0 Å². The molecule has 24 heavy (non-hydrogen) atoms. The lowest BCUT2D eigenvalue weighted by Crippen LogP contribution is -2.66. The van der Waals surface area contributed by atoms with Crippen molar-refractivity contribution in [2.24, 2.45) is 11.3 Å². The van der Waals surface area contributed by atoms with E-state index in [2.05, 4.69) is 39.4 Å². The zero-order valence-electron chi connectivity index (χ0n) is 14.2. The first-order valence-electron chi connectivity index (χ1n) is 8.95. The Morgan fingerprint density at radius 3 is 2.83 bits per heavy atom. The van der Waals surface area contributed by atoms with E-state index in [1.54, 1.807) is 7.11 Å². The van der Waals surface area contributed by atoms with Crippen molar-refractivity contribution in [1.29, 1.82) is 0 Å². The second-order valence-corrected chi connectivity index (χ2v) is 8.48. The molecular weight excluding hydrogens is 368 g/mol. The maximum Gasteiger partial charge on any atom is 0.317 e. The van der Waals surface area contributed by atoms with Crippen molar-refractivity contribution in [1.82, 2.24) is 10.2 Å². The van der Waals surface area contributed by atoms with Gasteiger partial charge in [0.15, 0.2) is 0 Å². The van der Waals surface area contributed by atoms with Crippen molar-refractivity contribution in [3.63, 3.8) is 0 Å². The molecule has 1 aromatic carbocycles. The molecule has 1 aliphatic heterocycles. The third-order valence-corrected chi connectivity index (χ3v) is 6.96. The molecule has 1 saturated carbocycles. The average Bonchev–Trinajstić information content (AvgIpc) is 2.87. The molecule has 1 N–H and O–H groups in total. The van der Waals surface area contributed by atoms with Gasteiger partial charge in [-0.2, -0.15) is 0 Å². The van der Waals surface area contributed by atoms with E-state index in [1.807, 2.05) is 4.90 Å². The smallest absolute Gasteiger partial charge is 0.317 e. The van der Waals surface area contributed by atoms with E-state index in [0.29, 0.717) is 0 Å². The highest BCUT2D eigenvalue weighted by molar-refractivity contribution is 9.10. The summed E-state index contributed by atoms with van der Waals surface area (Å²) in [5, 5.41) is 3.24. The fourth-order valence-electron chi connectivity index (χ4n) is 4.63. The third kappa shape index (κ3) is 2.66. The summed E-state index contributed by atoms with van der Waals surface area (Å²) in [7, 11) is 1.77. The monoisotopic (exact) mass is 392 g/mol. The summed E-state index contributed by atoms with van der Waals surface area (Å²) >= 11 is 3.62. The number of urea groups is 1. The number of halogens is 1. The second-order valence-electron chi connectivity index (χ2n) is 7.63. The van der Waals surface area contributed by atoms with Crippen molar-refractivity contribution in [3.05, 3.63) is 33.8 Å². The number of benzene rings is 1. The number of hydrogen-bond acceptors (Lipinski definition) is 2. The zero-order chi connectivity index (χ0) is 16.7. The highest BCUT2D eigenvalue weighted by atomic mass is 79.9. The number of hydrogen-bond donors (Lipinski definition) is 1. The molecule has 2 amide bonds. The number of likely N-dealkylation sites (tertiary alicyclic amines) is 1. The molecule has 0 bridgehead atoms. The molecule has 4 rings (SSSR count). The van der Waals surface area contributed by atoms with Crippen LogP contribution < -0.4 is 5.32 Å². The van der Waals surface area contributed by atoms with Crippen molar-refractivity contribution in [2.45, 2.75) is 38.1 Å². The molecule has 1 heterocycles. The zero-order valence-corrected chi connectivity index (χ0v) is 15.8. The number of rotatable bonds is 4. The molecule has 0 aromatic heterocycles. The minimum absolute atomic E-state index is 0.0823. The summed E-state index contributed by atoms with van der Waals surface area (Å²) in [5.41, 5.74) is 2.82. The Morgan fingerprint density at radius 1 is 1.38 bits per heavy atom. The second kappa shape index (κ2) is 6.34. The van der Waals surface area contributed by atoms with E-state index in [0.717, 1.165) is 42.9 Å². The number of nitrogens with one attached hydrogen (secondary N) is 1. The molecule has 1 atom stereocenters. The van der Waals surface area contributed by atoms with Gasteiger partial charge in [0.05, 0.1) is 12.6 Å². The van der Waals surface area contributed by atoms with Gasteiger partial charge in [-0.3, -0.25) is 0 Å². The molecular formula is C19H25BrN2O2. The predicted molar refractivity (Wildman–Crippen MR) is 97.0 cm³/mol. The average molecular weight is 393 g/mol. The Kier molecular flexibility index (Phi) is 4.33. The third-order valence-electron chi connectivity index (χ3n) is 6.21. The predicted octanol–water partition coefficient (Wildman–Crippen LogP) is 3.89. The van der Waals surface area contributed by atoms with E-state index in [9.17, 15) is 4.79 Å². The van der Waals surface area contributed by atoms with Crippen LogP contribution in [-0.4, -0.2) is 37.7 Å². The molecule has 3 aliphatic rings.